The lowest BCUT2D eigenvalue weighted by Crippen LogP contribution is -2.39. The third kappa shape index (κ3) is 2.66. The topological polar surface area (TPSA) is 26.0 Å². The van der Waals surface area contributed by atoms with E-state index in [0.29, 0.717) is 5.92 Å². The van der Waals surface area contributed by atoms with Crippen LogP contribution in [0.5, 0.6) is 0 Å². The zero-order valence-corrected chi connectivity index (χ0v) is 6.86. The molecule has 0 heterocycles. The van der Waals surface area contributed by atoms with Crippen molar-refractivity contribution in [1.82, 2.24) is 0 Å². The van der Waals surface area contributed by atoms with E-state index in [1.807, 2.05) is 20.8 Å². The standard InChI is InChI=1S/C8H17N/c1-6(2)7(3)8(4,5)9/h7H,1,9H2,2-5H3. The monoisotopic (exact) mass is 127 g/mol. The van der Waals surface area contributed by atoms with Crippen LogP contribution < -0.4 is 5.73 Å². The predicted octanol–water partition coefficient (Wildman–Crippen LogP) is 1.94. The summed E-state index contributed by atoms with van der Waals surface area (Å²) in [5, 5.41) is 0. The highest BCUT2D eigenvalue weighted by molar-refractivity contribution is 5.02. The van der Waals surface area contributed by atoms with Gasteiger partial charge < -0.3 is 5.73 Å². The molecule has 0 saturated carbocycles. The van der Waals surface area contributed by atoms with E-state index >= 15 is 0 Å². The van der Waals surface area contributed by atoms with Gasteiger partial charge in [-0.3, -0.25) is 0 Å². The Labute approximate surface area is 57.9 Å². The lowest BCUT2D eigenvalue weighted by Gasteiger charge is -2.27. The van der Waals surface area contributed by atoms with E-state index in [2.05, 4.69) is 13.5 Å². The molecular weight excluding hydrogens is 110 g/mol. The van der Waals surface area contributed by atoms with Gasteiger partial charge in [-0.25, -0.2) is 0 Å². The fraction of sp³-hybridized carbons (Fsp3) is 0.750. The molecule has 0 aliphatic heterocycles. The fourth-order valence-electron chi connectivity index (χ4n) is 0.635. The highest BCUT2D eigenvalue weighted by Crippen LogP contribution is 2.19. The van der Waals surface area contributed by atoms with Gasteiger partial charge in [0.15, 0.2) is 0 Å². The first-order valence-electron chi connectivity index (χ1n) is 3.30. The molecule has 9 heavy (non-hydrogen) atoms. The van der Waals surface area contributed by atoms with E-state index in [-0.39, 0.29) is 5.54 Å². The van der Waals surface area contributed by atoms with E-state index in [4.69, 9.17) is 5.73 Å². The van der Waals surface area contributed by atoms with Crippen molar-refractivity contribution in [2.45, 2.75) is 33.2 Å². The van der Waals surface area contributed by atoms with Crippen LogP contribution in [-0.2, 0) is 0 Å². The second-order valence-corrected chi connectivity index (χ2v) is 3.39. The molecule has 0 fully saturated rings. The molecule has 54 valence electrons. The summed E-state index contributed by atoms with van der Waals surface area (Å²) in [6, 6.07) is 0. The van der Waals surface area contributed by atoms with Crippen molar-refractivity contribution >= 4 is 0 Å². The number of hydrogen-bond donors (Lipinski definition) is 1. The molecule has 0 aliphatic rings. The normalized spacial score (nSPS) is 15.2. The third-order valence-corrected chi connectivity index (χ3v) is 1.86. The van der Waals surface area contributed by atoms with Crippen molar-refractivity contribution in [3.05, 3.63) is 12.2 Å². The van der Waals surface area contributed by atoms with Gasteiger partial charge in [-0.05, 0) is 26.7 Å². The van der Waals surface area contributed by atoms with Crippen LogP contribution in [0, 0.1) is 5.92 Å². The van der Waals surface area contributed by atoms with Crippen molar-refractivity contribution in [2.24, 2.45) is 11.7 Å². The van der Waals surface area contributed by atoms with Gasteiger partial charge in [0, 0.05) is 5.54 Å². The van der Waals surface area contributed by atoms with E-state index < -0.39 is 0 Å². The summed E-state index contributed by atoms with van der Waals surface area (Å²) in [6.07, 6.45) is 0. The first-order valence-corrected chi connectivity index (χ1v) is 3.30. The minimum absolute atomic E-state index is 0.119. The fourth-order valence-corrected chi connectivity index (χ4v) is 0.635. The summed E-state index contributed by atoms with van der Waals surface area (Å²) >= 11 is 0. The Hall–Kier alpha value is -0.300. The van der Waals surface area contributed by atoms with Gasteiger partial charge in [-0.1, -0.05) is 19.1 Å². The molecule has 0 aromatic heterocycles. The van der Waals surface area contributed by atoms with Gasteiger partial charge in [0.05, 0.1) is 0 Å². The van der Waals surface area contributed by atoms with Gasteiger partial charge in [0.1, 0.15) is 0 Å². The van der Waals surface area contributed by atoms with E-state index in [1.165, 1.54) is 0 Å². The summed E-state index contributed by atoms with van der Waals surface area (Å²) < 4.78 is 0. The smallest absolute Gasteiger partial charge is 0.0160 e. The molecule has 0 amide bonds. The third-order valence-electron chi connectivity index (χ3n) is 1.86. The predicted molar refractivity (Wildman–Crippen MR) is 42.2 cm³/mol. The van der Waals surface area contributed by atoms with Gasteiger partial charge >= 0.3 is 0 Å². The Balaban J connectivity index is 4.04. The van der Waals surface area contributed by atoms with Crippen LogP contribution in [0.1, 0.15) is 27.7 Å². The first kappa shape index (κ1) is 8.70. The first-order chi connectivity index (χ1) is 3.85. The molecule has 0 aromatic carbocycles. The Morgan fingerprint density at radius 1 is 1.56 bits per heavy atom. The highest BCUT2D eigenvalue weighted by atomic mass is 14.7. The molecule has 0 bridgehead atoms. The maximum absolute atomic E-state index is 5.82. The Kier molecular flexibility index (Phi) is 2.44. The Morgan fingerprint density at radius 2 is 1.89 bits per heavy atom. The second-order valence-electron chi connectivity index (χ2n) is 3.39. The van der Waals surface area contributed by atoms with Crippen molar-refractivity contribution in [2.75, 3.05) is 0 Å². The lowest BCUT2D eigenvalue weighted by molar-refractivity contribution is 0.393. The highest BCUT2D eigenvalue weighted by Gasteiger charge is 2.20. The van der Waals surface area contributed by atoms with Gasteiger partial charge in [-0.15, -0.1) is 0 Å². The van der Waals surface area contributed by atoms with Crippen molar-refractivity contribution in [1.29, 1.82) is 0 Å². The molecule has 0 aromatic rings. The molecular formula is C8H17N. The second kappa shape index (κ2) is 2.53. The minimum atomic E-state index is -0.119. The number of rotatable bonds is 2. The van der Waals surface area contributed by atoms with Crippen molar-refractivity contribution < 1.29 is 0 Å². The molecule has 0 radical (unpaired) electrons. The zero-order valence-electron chi connectivity index (χ0n) is 6.86. The summed E-state index contributed by atoms with van der Waals surface area (Å²) in [4.78, 5) is 0. The van der Waals surface area contributed by atoms with Crippen LogP contribution in [0.15, 0.2) is 12.2 Å². The number of nitrogens with two attached hydrogens (primary N) is 1. The summed E-state index contributed by atoms with van der Waals surface area (Å²) in [6.45, 7) is 12.0. The van der Waals surface area contributed by atoms with Crippen LogP contribution in [0.4, 0.5) is 0 Å². The Morgan fingerprint density at radius 3 is 1.89 bits per heavy atom. The van der Waals surface area contributed by atoms with E-state index in [1.54, 1.807) is 0 Å². The van der Waals surface area contributed by atoms with Crippen molar-refractivity contribution in [3.63, 3.8) is 0 Å². The molecule has 0 aliphatic carbocycles. The molecule has 0 spiro atoms. The van der Waals surface area contributed by atoms with Crippen molar-refractivity contribution in [3.8, 4) is 0 Å². The molecule has 1 nitrogen and oxygen atoms in total. The average molecular weight is 127 g/mol. The molecule has 1 unspecified atom stereocenters. The van der Waals surface area contributed by atoms with E-state index in [9.17, 15) is 0 Å². The SMILES string of the molecule is C=C(C)C(C)C(C)(C)N. The Bertz CT molecular complexity index is 108. The van der Waals surface area contributed by atoms with Crippen LogP contribution >= 0.6 is 0 Å². The van der Waals surface area contributed by atoms with Gasteiger partial charge in [0.2, 0.25) is 0 Å². The van der Waals surface area contributed by atoms with Crippen LogP contribution in [0.3, 0.4) is 0 Å². The maximum atomic E-state index is 5.82. The molecule has 1 atom stereocenters. The molecule has 0 rings (SSSR count). The molecule has 2 N–H and O–H groups in total. The van der Waals surface area contributed by atoms with E-state index in [0.717, 1.165) is 5.57 Å². The van der Waals surface area contributed by atoms with Gasteiger partial charge in [-0.2, -0.15) is 0 Å². The molecule has 0 saturated heterocycles. The van der Waals surface area contributed by atoms with Crippen LogP contribution in [0.25, 0.3) is 0 Å². The maximum Gasteiger partial charge on any atom is 0.0160 e. The number of hydrogen-bond acceptors (Lipinski definition) is 1. The summed E-state index contributed by atoms with van der Waals surface area (Å²) in [7, 11) is 0. The van der Waals surface area contributed by atoms with Crippen LogP contribution in [0.2, 0.25) is 0 Å². The quantitative estimate of drug-likeness (QED) is 0.564. The lowest BCUT2D eigenvalue weighted by atomic mass is 9.85. The minimum Gasteiger partial charge on any atom is -0.325 e. The van der Waals surface area contributed by atoms with Crippen LogP contribution in [-0.4, -0.2) is 5.54 Å². The van der Waals surface area contributed by atoms with Gasteiger partial charge in [0.25, 0.3) is 0 Å². The zero-order chi connectivity index (χ0) is 7.65. The summed E-state index contributed by atoms with van der Waals surface area (Å²) in [5.74, 6) is 0.400. The summed E-state index contributed by atoms with van der Waals surface area (Å²) in [5.41, 5.74) is 6.85. The average Bonchev–Trinajstić information content (AvgIpc) is 1.62. The molecule has 1 heteroatoms. The largest absolute Gasteiger partial charge is 0.325 e.